The molecule has 0 radical (unpaired) electrons. The maximum atomic E-state index is 5.57. The van der Waals surface area contributed by atoms with E-state index in [1.54, 1.807) is 0 Å². The molecule has 0 amide bonds. The van der Waals surface area contributed by atoms with Gasteiger partial charge in [0.1, 0.15) is 0 Å². The van der Waals surface area contributed by atoms with Crippen molar-refractivity contribution < 1.29 is 0 Å². The molecule has 2 rings (SSSR count). The minimum atomic E-state index is 0.827. The first-order valence-electron chi connectivity index (χ1n) is 5.78. The third-order valence-electron chi connectivity index (χ3n) is 3.15. The SMILES string of the molecule is NCCC1CCN(CCn2cccn2)C1. The summed E-state index contributed by atoms with van der Waals surface area (Å²) in [4.78, 5) is 2.52. The van der Waals surface area contributed by atoms with Gasteiger partial charge in [-0.15, -0.1) is 0 Å². The summed E-state index contributed by atoms with van der Waals surface area (Å²) in [5.41, 5.74) is 5.57. The van der Waals surface area contributed by atoms with Crippen LogP contribution in [0.5, 0.6) is 0 Å². The molecule has 1 atom stereocenters. The van der Waals surface area contributed by atoms with Crippen LogP contribution in [0.4, 0.5) is 0 Å². The van der Waals surface area contributed by atoms with Gasteiger partial charge in [0.15, 0.2) is 0 Å². The highest BCUT2D eigenvalue weighted by Crippen LogP contribution is 2.18. The van der Waals surface area contributed by atoms with E-state index in [0.717, 1.165) is 25.6 Å². The second kappa shape index (κ2) is 5.28. The van der Waals surface area contributed by atoms with E-state index in [-0.39, 0.29) is 0 Å². The zero-order chi connectivity index (χ0) is 10.5. The fraction of sp³-hybridized carbons (Fsp3) is 0.727. The lowest BCUT2D eigenvalue weighted by Gasteiger charge is -2.15. The van der Waals surface area contributed by atoms with Crippen LogP contribution in [-0.2, 0) is 6.54 Å². The second-order valence-electron chi connectivity index (χ2n) is 4.30. The minimum Gasteiger partial charge on any atom is -0.330 e. The highest BCUT2D eigenvalue weighted by Gasteiger charge is 2.20. The van der Waals surface area contributed by atoms with Crippen LogP contribution >= 0.6 is 0 Å². The summed E-state index contributed by atoms with van der Waals surface area (Å²) in [6.45, 7) is 5.40. The average Bonchev–Trinajstić information content (AvgIpc) is 2.85. The first-order chi connectivity index (χ1) is 7.38. The molecule has 1 saturated heterocycles. The average molecular weight is 208 g/mol. The Hall–Kier alpha value is -0.870. The Morgan fingerprint density at radius 3 is 3.07 bits per heavy atom. The Bertz CT molecular complexity index is 270. The molecule has 4 nitrogen and oxygen atoms in total. The summed E-state index contributed by atoms with van der Waals surface area (Å²) >= 11 is 0. The van der Waals surface area contributed by atoms with Gasteiger partial charge >= 0.3 is 0 Å². The van der Waals surface area contributed by atoms with Crippen molar-refractivity contribution in [1.29, 1.82) is 0 Å². The maximum absolute atomic E-state index is 5.57. The maximum Gasteiger partial charge on any atom is 0.0536 e. The molecule has 2 N–H and O–H groups in total. The van der Waals surface area contributed by atoms with Gasteiger partial charge in [0.2, 0.25) is 0 Å². The Kier molecular flexibility index (Phi) is 3.75. The summed E-state index contributed by atoms with van der Waals surface area (Å²) < 4.78 is 2.00. The van der Waals surface area contributed by atoms with Crippen LogP contribution in [0.15, 0.2) is 18.5 Å². The van der Waals surface area contributed by atoms with Crippen molar-refractivity contribution in [2.45, 2.75) is 19.4 Å². The molecule has 2 heterocycles. The number of nitrogens with two attached hydrogens (primary N) is 1. The highest BCUT2D eigenvalue weighted by molar-refractivity contribution is 4.79. The first-order valence-corrected chi connectivity index (χ1v) is 5.78. The van der Waals surface area contributed by atoms with Gasteiger partial charge in [-0.1, -0.05) is 0 Å². The van der Waals surface area contributed by atoms with Gasteiger partial charge in [0.25, 0.3) is 0 Å². The molecule has 1 unspecified atom stereocenters. The predicted octanol–water partition coefficient (Wildman–Crippen LogP) is 0.554. The summed E-state index contributed by atoms with van der Waals surface area (Å²) in [6, 6.07) is 1.97. The van der Waals surface area contributed by atoms with Crippen molar-refractivity contribution in [2.24, 2.45) is 11.7 Å². The van der Waals surface area contributed by atoms with E-state index >= 15 is 0 Å². The Balaban J connectivity index is 1.69. The molecular weight excluding hydrogens is 188 g/mol. The molecule has 1 aromatic rings. The lowest BCUT2D eigenvalue weighted by Crippen LogP contribution is -2.25. The molecule has 0 aliphatic carbocycles. The zero-order valence-electron chi connectivity index (χ0n) is 9.18. The Labute approximate surface area is 91.1 Å². The third kappa shape index (κ3) is 3.04. The van der Waals surface area contributed by atoms with Gasteiger partial charge in [0, 0.05) is 25.5 Å². The third-order valence-corrected chi connectivity index (χ3v) is 3.15. The van der Waals surface area contributed by atoms with Crippen molar-refractivity contribution in [3.63, 3.8) is 0 Å². The molecule has 84 valence electrons. The van der Waals surface area contributed by atoms with Gasteiger partial charge in [-0.3, -0.25) is 4.68 Å². The molecule has 0 saturated carbocycles. The van der Waals surface area contributed by atoms with E-state index < -0.39 is 0 Å². The standard InChI is InChI=1S/C11H20N4/c12-4-2-11-3-7-14(10-11)8-9-15-6-1-5-13-15/h1,5-6,11H,2-4,7-10,12H2. The van der Waals surface area contributed by atoms with Crippen LogP contribution in [-0.4, -0.2) is 40.9 Å². The summed E-state index contributed by atoms with van der Waals surface area (Å²) in [5.74, 6) is 0.827. The molecule has 0 spiro atoms. The number of hydrogen-bond acceptors (Lipinski definition) is 3. The fourth-order valence-electron chi connectivity index (χ4n) is 2.26. The molecule has 15 heavy (non-hydrogen) atoms. The molecule has 0 aromatic carbocycles. The molecule has 1 aliphatic heterocycles. The van der Waals surface area contributed by atoms with Crippen molar-refractivity contribution in [2.75, 3.05) is 26.2 Å². The minimum absolute atomic E-state index is 0.827. The van der Waals surface area contributed by atoms with Gasteiger partial charge in [-0.25, -0.2) is 0 Å². The Morgan fingerprint density at radius 2 is 2.33 bits per heavy atom. The van der Waals surface area contributed by atoms with Crippen LogP contribution in [0.3, 0.4) is 0 Å². The van der Waals surface area contributed by atoms with Crippen LogP contribution in [0.2, 0.25) is 0 Å². The second-order valence-corrected chi connectivity index (χ2v) is 4.30. The van der Waals surface area contributed by atoms with E-state index in [4.69, 9.17) is 5.73 Å². The highest BCUT2D eigenvalue weighted by atomic mass is 15.3. The zero-order valence-corrected chi connectivity index (χ0v) is 9.18. The largest absolute Gasteiger partial charge is 0.330 e. The predicted molar refractivity (Wildman–Crippen MR) is 60.4 cm³/mol. The van der Waals surface area contributed by atoms with Crippen LogP contribution in [0, 0.1) is 5.92 Å². The molecule has 4 heteroatoms. The topological polar surface area (TPSA) is 47.1 Å². The van der Waals surface area contributed by atoms with E-state index in [2.05, 4.69) is 10.00 Å². The van der Waals surface area contributed by atoms with Gasteiger partial charge in [-0.2, -0.15) is 5.10 Å². The smallest absolute Gasteiger partial charge is 0.0536 e. The summed E-state index contributed by atoms with van der Waals surface area (Å²) in [6.07, 6.45) is 6.35. The molecular formula is C11H20N4. The molecule has 1 aromatic heterocycles. The lowest BCUT2D eigenvalue weighted by atomic mass is 10.1. The van der Waals surface area contributed by atoms with Crippen LogP contribution in [0.1, 0.15) is 12.8 Å². The molecule has 1 aliphatic rings. The van der Waals surface area contributed by atoms with Crippen molar-refractivity contribution in [1.82, 2.24) is 14.7 Å². The van der Waals surface area contributed by atoms with Crippen LogP contribution in [0.25, 0.3) is 0 Å². The van der Waals surface area contributed by atoms with Crippen molar-refractivity contribution in [3.8, 4) is 0 Å². The first kappa shape index (κ1) is 10.6. The van der Waals surface area contributed by atoms with E-state index in [0.29, 0.717) is 0 Å². The number of likely N-dealkylation sites (tertiary alicyclic amines) is 1. The van der Waals surface area contributed by atoms with Crippen LogP contribution < -0.4 is 5.73 Å². The van der Waals surface area contributed by atoms with Gasteiger partial charge in [0.05, 0.1) is 6.54 Å². The number of nitrogens with zero attached hydrogens (tertiary/aromatic N) is 3. The number of aromatic nitrogens is 2. The van der Waals surface area contributed by atoms with Crippen molar-refractivity contribution in [3.05, 3.63) is 18.5 Å². The van der Waals surface area contributed by atoms with E-state index in [1.807, 2.05) is 23.1 Å². The quantitative estimate of drug-likeness (QED) is 0.769. The van der Waals surface area contributed by atoms with E-state index in [9.17, 15) is 0 Å². The normalized spacial score (nSPS) is 22.3. The summed E-state index contributed by atoms with van der Waals surface area (Å²) in [7, 11) is 0. The Morgan fingerprint density at radius 1 is 1.40 bits per heavy atom. The fourth-order valence-corrected chi connectivity index (χ4v) is 2.26. The molecule has 1 fully saturated rings. The monoisotopic (exact) mass is 208 g/mol. The van der Waals surface area contributed by atoms with Crippen molar-refractivity contribution >= 4 is 0 Å². The molecule has 0 bridgehead atoms. The lowest BCUT2D eigenvalue weighted by molar-refractivity contribution is 0.301. The number of hydrogen-bond donors (Lipinski definition) is 1. The number of rotatable bonds is 5. The van der Waals surface area contributed by atoms with Gasteiger partial charge in [-0.05, 0) is 37.9 Å². The van der Waals surface area contributed by atoms with E-state index in [1.165, 1.54) is 25.9 Å². The summed E-state index contributed by atoms with van der Waals surface area (Å²) in [5, 5.41) is 4.20. The van der Waals surface area contributed by atoms with Gasteiger partial charge < -0.3 is 10.6 Å².